The van der Waals surface area contributed by atoms with Crippen LogP contribution in [0, 0.1) is 5.92 Å². The molecule has 0 aromatic carbocycles. The molecule has 1 aliphatic rings. The molecule has 6 heteroatoms. The van der Waals surface area contributed by atoms with Crippen LogP contribution >= 0.6 is 0 Å². The molecule has 1 heterocycles. The fourth-order valence-corrected chi connectivity index (χ4v) is 1.58. The average molecular weight is 201 g/mol. The van der Waals surface area contributed by atoms with Crippen molar-refractivity contribution in [2.45, 2.75) is 19.4 Å². The van der Waals surface area contributed by atoms with Crippen LogP contribution in [0.4, 0.5) is 4.79 Å². The van der Waals surface area contributed by atoms with Crippen molar-refractivity contribution in [2.24, 2.45) is 5.92 Å². The van der Waals surface area contributed by atoms with Gasteiger partial charge in [-0.1, -0.05) is 0 Å². The van der Waals surface area contributed by atoms with Gasteiger partial charge in [0.1, 0.15) is 11.8 Å². The van der Waals surface area contributed by atoms with Gasteiger partial charge in [0.05, 0.1) is 0 Å². The number of hydrogen-bond donors (Lipinski definition) is 2. The summed E-state index contributed by atoms with van der Waals surface area (Å²) in [5.74, 6) is -1.84. The van der Waals surface area contributed by atoms with Gasteiger partial charge in [0.2, 0.25) is 0 Å². The highest BCUT2D eigenvalue weighted by Gasteiger charge is 2.41. The molecule has 0 aromatic heterocycles. The maximum atomic E-state index is 11.0. The molecule has 2 atom stereocenters. The number of carbonyl (C=O) groups excluding carboxylic acids is 1. The number of ketones is 1. The Morgan fingerprint density at radius 2 is 1.86 bits per heavy atom. The average Bonchev–Trinajstić information content (AvgIpc) is 2.47. The van der Waals surface area contributed by atoms with Crippen molar-refractivity contribution >= 4 is 17.8 Å². The number of Topliss-reactive ketones (excluding diaryl/α,β-unsaturated/α-hetero) is 1. The van der Waals surface area contributed by atoms with Crippen LogP contribution in [0.25, 0.3) is 0 Å². The van der Waals surface area contributed by atoms with Gasteiger partial charge >= 0.3 is 12.1 Å². The molecule has 0 radical (unpaired) electrons. The third-order valence-electron chi connectivity index (χ3n) is 2.41. The highest BCUT2D eigenvalue weighted by atomic mass is 16.4. The van der Waals surface area contributed by atoms with E-state index in [9.17, 15) is 14.4 Å². The van der Waals surface area contributed by atoms with Crippen molar-refractivity contribution in [1.29, 1.82) is 0 Å². The van der Waals surface area contributed by atoms with Crippen LogP contribution in [0.5, 0.6) is 0 Å². The first-order valence-corrected chi connectivity index (χ1v) is 4.16. The van der Waals surface area contributed by atoms with Crippen molar-refractivity contribution in [3.63, 3.8) is 0 Å². The molecule has 1 aliphatic heterocycles. The molecule has 0 saturated carbocycles. The van der Waals surface area contributed by atoms with E-state index in [0.29, 0.717) is 0 Å². The van der Waals surface area contributed by atoms with E-state index in [1.165, 1.54) is 6.92 Å². The lowest BCUT2D eigenvalue weighted by Crippen LogP contribution is -2.39. The van der Waals surface area contributed by atoms with Gasteiger partial charge in [0.25, 0.3) is 0 Å². The summed E-state index contributed by atoms with van der Waals surface area (Å²) in [5.41, 5.74) is 0. The maximum Gasteiger partial charge on any atom is 0.408 e. The van der Waals surface area contributed by atoms with Crippen molar-refractivity contribution in [3.8, 4) is 0 Å². The number of hydrogen-bond acceptors (Lipinski definition) is 3. The van der Waals surface area contributed by atoms with Crippen LogP contribution in [-0.2, 0) is 9.59 Å². The van der Waals surface area contributed by atoms with E-state index in [1.807, 2.05) is 0 Å². The predicted molar refractivity (Wildman–Crippen MR) is 44.9 cm³/mol. The molecule has 0 aliphatic carbocycles. The monoisotopic (exact) mass is 201 g/mol. The molecular formula is C8H11NO5. The Kier molecular flexibility index (Phi) is 2.73. The quantitative estimate of drug-likeness (QED) is 0.657. The van der Waals surface area contributed by atoms with E-state index in [-0.39, 0.29) is 18.7 Å². The second-order valence-corrected chi connectivity index (χ2v) is 3.33. The van der Waals surface area contributed by atoms with Gasteiger partial charge in [-0.05, 0) is 13.3 Å². The standard InChI is InChI=1S/C8H11NO5/c1-4(10)5-2-6(7(11)12)9(3-5)8(13)14/h5-6H,2-3H2,1H3,(H,11,12)(H,13,14). The zero-order valence-electron chi connectivity index (χ0n) is 7.64. The lowest BCUT2D eigenvalue weighted by molar-refractivity contribution is -0.141. The van der Waals surface area contributed by atoms with Gasteiger partial charge in [-0.2, -0.15) is 0 Å². The summed E-state index contributed by atoms with van der Waals surface area (Å²) < 4.78 is 0. The fourth-order valence-electron chi connectivity index (χ4n) is 1.58. The Morgan fingerprint density at radius 3 is 2.14 bits per heavy atom. The number of rotatable bonds is 2. The Morgan fingerprint density at radius 1 is 1.29 bits per heavy atom. The molecule has 78 valence electrons. The topological polar surface area (TPSA) is 94.9 Å². The fraction of sp³-hybridized carbons (Fsp3) is 0.625. The van der Waals surface area contributed by atoms with Gasteiger partial charge < -0.3 is 10.2 Å². The summed E-state index contributed by atoms with van der Waals surface area (Å²) in [6, 6.07) is -1.08. The van der Waals surface area contributed by atoms with Crippen LogP contribution < -0.4 is 0 Å². The Balaban J connectivity index is 2.80. The van der Waals surface area contributed by atoms with Gasteiger partial charge in [0, 0.05) is 12.5 Å². The molecule has 2 unspecified atom stereocenters. The first-order valence-electron chi connectivity index (χ1n) is 4.16. The normalized spacial score (nSPS) is 26.2. The van der Waals surface area contributed by atoms with Crippen LogP contribution in [0.1, 0.15) is 13.3 Å². The van der Waals surface area contributed by atoms with Crippen molar-refractivity contribution in [3.05, 3.63) is 0 Å². The lowest BCUT2D eigenvalue weighted by atomic mass is 10.0. The molecular weight excluding hydrogens is 190 g/mol. The SMILES string of the molecule is CC(=O)C1CC(C(=O)O)N(C(=O)O)C1. The first-order chi connectivity index (χ1) is 6.43. The lowest BCUT2D eigenvalue weighted by Gasteiger charge is -2.16. The van der Waals surface area contributed by atoms with Crippen LogP contribution in [0.2, 0.25) is 0 Å². The van der Waals surface area contributed by atoms with E-state index >= 15 is 0 Å². The second kappa shape index (κ2) is 3.65. The van der Waals surface area contributed by atoms with Crippen molar-refractivity contribution in [2.75, 3.05) is 6.54 Å². The van der Waals surface area contributed by atoms with Gasteiger partial charge in [-0.15, -0.1) is 0 Å². The smallest absolute Gasteiger partial charge is 0.408 e. The minimum absolute atomic E-state index is 0.0123. The molecule has 14 heavy (non-hydrogen) atoms. The van der Waals surface area contributed by atoms with Crippen molar-refractivity contribution in [1.82, 2.24) is 4.90 Å². The third-order valence-corrected chi connectivity index (χ3v) is 2.41. The van der Waals surface area contributed by atoms with Crippen molar-refractivity contribution < 1.29 is 24.6 Å². The number of nitrogens with zero attached hydrogens (tertiary/aromatic N) is 1. The molecule has 1 fully saturated rings. The predicted octanol–water partition coefficient (Wildman–Crippen LogP) is 0.0285. The Bertz CT molecular complexity index is 265. The second-order valence-electron chi connectivity index (χ2n) is 3.33. The molecule has 0 spiro atoms. The first kappa shape index (κ1) is 10.5. The largest absolute Gasteiger partial charge is 0.480 e. The number of amides is 1. The molecule has 1 rings (SSSR count). The summed E-state index contributed by atoms with van der Waals surface area (Å²) in [6.07, 6.45) is -1.21. The van der Waals surface area contributed by atoms with Gasteiger partial charge in [-0.3, -0.25) is 9.69 Å². The number of likely N-dealkylation sites (tertiary alicyclic amines) is 1. The van der Waals surface area contributed by atoms with E-state index in [2.05, 4.69) is 0 Å². The highest BCUT2D eigenvalue weighted by Crippen LogP contribution is 2.24. The minimum Gasteiger partial charge on any atom is -0.480 e. The summed E-state index contributed by atoms with van der Waals surface area (Å²) in [4.78, 5) is 33.1. The highest BCUT2D eigenvalue weighted by molar-refractivity contribution is 5.85. The van der Waals surface area contributed by atoms with Crippen LogP contribution in [0.3, 0.4) is 0 Å². The number of carboxylic acid groups (broad SMARTS) is 2. The molecule has 0 aromatic rings. The van der Waals surface area contributed by atoms with Crippen LogP contribution in [0.15, 0.2) is 0 Å². The molecule has 1 saturated heterocycles. The molecule has 2 N–H and O–H groups in total. The molecule has 6 nitrogen and oxygen atoms in total. The summed E-state index contributed by atoms with van der Waals surface area (Å²) >= 11 is 0. The number of carbonyl (C=O) groups is 3. The minimum atomic E-state index is -1.29. The van der Waals surface area contributed by atoms with Gasteiger partial charge in [-0.25, -0.2) is 9.59 Å². The van der Waals surface area contributed by atoms with Crippen LogP contribution in [-0.4, -0.2) is 45.5 Å². The van der Waals surface area contributed by atoms with E-state index in [4.69, 9.17) is 10.2 Å². The molecule has 0 bridgehead atoms. The zero-order valence-corrected chi connectivity index (χ0v) is 7.64. The third kappa shape index (κ3) is 1.84. The van der Waals surface area contributed by atoms with E-state index in [0.717, 1.165) is 4.90 Å². The number of aliphatic carboxylic acids is 1. The zero-order chi connectivity index (χ0) is 10.9. The summed E-state index contributed by atoms with van der Waals surface area (Å²) in [6.45, 7) is 1.33. The molecule has 1 amide bonds. The Labute approximate surface area is 80.1 Å². The summed E-state index contributed by atoms with van der Waals surface area (Å²) in [7, 11) is 0. The number of carboxylic acids is 1. The summed E-state index contributed by atoms with van der Waals surface area (Å²) in [5, 5.41) is 17.4. The van der Waals surface area contributed by atoms with E-state index in [1.54, 1.807) is 0 Å². The van der Waals surface area contributed by atoms with Gasteiger partial charge in [0.15, 0.2) is 0 Å². The Hall–Kier alpha value is -1.59. The van der Waals surface area contributed by atoms with E-state index < -0.39 is 24.0 Å². The maximum absolute atomic E-state index is 11.0.